The highest BCUT2D eigenvalue weighted by Gasteiger charge is 2.08. The van der Waals surface area contributed by atoms with Crippen molar-refractivity contribution in [1.29, 1.82) is 0 Å². The van der Waals surface area contributed by atoms with Gasteiger partial charge in [-0.3, -0.25) is 0 Å². The summed E-state index contributed by atoms with van der Waals surface area (Å²) in [5, 5.41) is 12.6. The van der Waals surface area contributed by atoms with E-state index in [4.69, 9.17) is 4.74 Å². The van der Waals surface area contributed by atoms with E-state index in [0.717, 1.165) is 0 Å². The molecule has 1 rings (SSSR count). The first-order valence-electron chi connectivity index (χ1n) is 4.91. The van der Waals surface area contributed by atoms with Crippen molar-refractivity contribution in [1.82, 2.24) is 9.97 Å². The minimum Gasteiger partial charge on any atom is -0.481 e. The average molecular weight is 211 g/mol. The molecule has 0 saturated carbocycles. The Labute approximate surface area is 89.5 Å². The number of aliphatic hydroxyl groups excluding tert-OH is 1. The molecule has 1 aromatic heterocycles. The second kappa shape index (κ2) is 5.50. The monoisotopic (exact) mass is 211 g/mol. The number of ether oxygens (including phenoxy) is 1. The zero-order valence-corrected chi connectivity index (χ0v) is 9.27. The molecule has 15 heavy (non-hydrogen) atoms. The second-order valence-corrected chi connectivity index (χ2v) is 3.64. The summed E-state index contributed by atoms with van der Waals surface area (Å²) in [4.78, 5) is 7.89. The maximum atomic E-state index is 9.58. The zero-order valence-electron chi connectivity index (χ0n) is 9.27. The van der Waals surface area contributed by atoms with Gasteiger partial charge in [0.05, 0.1) is 13.2 Å². The van der Waals surface area contributed by atoms with Gasteiger partial charge in [-0.15, -0.1) is 0 Å². The molecule has 84 valence electrons. The molecule has 0 aliphatic rings. The van der Waals surface area contributed by atoms with Crippen molar-refractivity contribution in [3.8, 4) is 5.88 Å². The van der Waals surface area contributed by atoms with Gasteiger partial charge in [-0.05, 0) is 5.92 Å². The summed E-state index contributed by atoms with van der Waals surface area (Å²) in [6.45, 7) is 4.40. The number of aromatic nitrogens is 2. The lowest BCUT2D eigenvalue weighted by molar-refractivity contribution is 0.138. The summed E-state index contributed by atoms with van der Waals surface area (Å²) >= 11 is 0. The van der Waals surface area contributed by atoms with Crippen molar-refractivity contribution in [3.05, 3.63) is 12.4 Å². The number of methoxy groups -OCH3 is 1. The van der Waals surface area contributed by atoms with Crippen molar-refractivity contribution < 1.29 is 9.84 Å². The highest BCUT2D eigenvalue weighted by atomic mass is 16.5. The predicted octanol–water partition coefficient (Wildman–Crippen LogP) is 0.914. The summed E-state index contributed by atoms with van der Waals surface area (Å²) in [5.74, 6) is 1.38. The zero-order chi connectivity index (χ0) is 11.3. The van der Waals surface area contributed by atoms with Crippen LogP contribution >= 0.6 is 0 Å². The van der Waals surface area contributed by atoms with Gasteiger partial charge in [0.1, 0.15) is 12.1 Å². The first kappa shape index (κ1) is 11.7. The number of aliphatic hydroxyl groups is 1. The summed E-state index contributed by atoms with van der Waals surface area (Å²) < 4.78 is 4.96. The highest BCUT2D eigenvalue weighted by Crippen LogP contribution is 2.10. The Morgan fingerprint density at radius 1 is 1.47 bits per heavy atom. The lowest BCUT2D eigenvalue weighted by Gasteiger charge is -2.15. The molecule has 2 N–H and O–H groups in total. The molecule has 0 radical (unpaired) electrons. The van der Waals surface area contributed by atoms with E-state index in [1.165, 1.54) is 6.33 Å². The van der Waals surface area contributed by atoms with Crippen LogP contribution in [-0.2, 0) is 0 Å². The van der Waals surface area contributed by atoms with Crippen molar-refractivity contribution in [2.24, 2.45) is 5.92 Å². The Hall–Kier alpha value is -1.36. The quantitative estimate of drug-likeness (QED) is 0.758. The maximum Gasteiger partial charge on any atom is 0.218 e. The fraction of sp³-hybridized carbons (Fsp3) is 0.600. The van der Waals surface area contributed by atoms with E-state index in [2.05, 4.69) is 15.3 Å². The number of anilines is 1. The summed E-state index contributed by atoms with van der Waals surface area (Å²) in [6.07, 6.45) is 1.04. The predicted molar refractivity (Wildman–Crippen MR) is 57.9 cm³/mol. The third-order valence-electron chi connectivity index (χ3n) is 2.11. The number of nitrogens with zero attached hydrogens (tertiary/aromatic N) is 2. The normalized spacial score (nSPS) is 12.6. The van der Waals surface area contributed by atoms with Gasteiger partial charge in [-0.1, -0.05) is 13.8 Å². The van der Waals surface area contributed by atoms with Crippen LogP contribution < -0.4 is 10.1 Å². The molecule has 1 heterocycles. The topological polar surface area (TPSA) is 67.3 Å². The molecule has 5 heteroatoms. The maximum absolute atomic E-state index is 9.58. The van der Waals surface area contributed by atoms with Gasteiger partial charge >= 0.3 is 0 Å². The lowest BCUT2D eigenvalue weighted by Crippen LogP contribution is -2.25. The number of hydrogen-bond acceptors (Lipinski definition) is 5. The molecule has 5 nitrogen and oxygen atoms in total. The van der Waals surface area contributed by atoms with Crippen LogP contribution in [0.2, 0.25) is 0 Å². The Morgan fingerprint density at radius 2 is 2.20 bits per heavy atom. The minimum atomic E-state index is -0.383. The van der Waals surface area contributed by atoms with Gasteiger partial charge in [-0.2, -0.15) is 0 Å². The minimum absolute atomic E-state index is 0.223. The number of hydrogen-bond donors (Lipinski definition) is 2. The van der Waals surface area contributed by atoms with E-state index in [1.807, 2.05) is 13.8 Å². The molecule has 0 bridgehead atoms. The summed E-state index contributed by atoms with van der Waals surface area (Å²) in [6, 6.07) is 1.69. The summed E-state index contributed by atoms with van der Waals surface area (Å²) in [7, 11) is 1.55. The smallest absolute Gasteiger partial charge is 0.218 e. The van der Waals surface area contributed by atoms with Crippen molar-refractivity contribution >= 4 is 5.82 Å². The molecule has 0 fully saturated rings. The number of rotatable bonds is 5. The van der Waals surface area contributed by atoms with Crippen LogP contribution in [0.25, 0.3) is 0 Å². The van der Waals surface area contributed by atoms with E-state index >= 15 is 0 Å². The average Bonchev–Trinajstić information content (AvgIpc) is 2.26. The molecule has 1 unspecified atom stereocenters. The third-order valence-corrected chi connectivity index (χ3v) is 2.11. The molecule has 1 atom stereocenters. The van der Waals surface area contributed by atoms with Crippen molar-refractivity contribution in [3.63, 3.8) is 0 Å². The largest absolute Gasteiger partial charge is 0.481 e. The van der Waals surface area contributed by atoms with Crippen LogP contribution in [0.5, 0.6) is 5.88 Å². The SMILES string of the molecule is COc1cc(NCC(O)C(C)C)ncn1. The van der Waals surface area contributed by atoms with E-state index in [-0.39, 0.29) is 12.0 Å². The number of nitrogens with one attached hydrogen (secondary N) is 1. The Balaban J connectivity index is 2.50. The molecule has 0 saturated heterocycles. The molecule has 0 spiro atoms. The molecular formula is C10H17N3O2. The Morgan fingerprint density at radius 3 is 2.80 bits per heavy atom. The summed E-state index contributed by atoms with van der Waals surface area (Å²) in [5.41, 5.74) is 0. The van der Waals surface area contributed by atoms with Crippen molar-refractivity contribution in [2.45, 2.75) is 20.0 Å². The van der Waals surface area contributed by atoms with Crippen LogP contribution in [0.15, 0.2) is 12.4 Å². The molecule has 0 aliphatic carbocycles. The highest BCUT2D eigenvalue weighted by molar-refractivity contribution is 5.37. The fourth-order valence-electron chi connectivity index (χ4n) is 0.993. The second-order valence-electron chi connectivity index (χ2n) is 3.64. The van der Waals surface area contributed by atoms with Crippen LogP contribution in [0.4, 0.5) is 5.82 Å². The molecule has 0 aromatic carbocycles. The standard InChI is InChI=1S/C10H17N3O2/c1-7(2)8(14)5-11-9-4-10(15-3)13-6-12-9/h4,6-8,14H,5H2,1-3H3,(H,11,12,13). The third kappa shape index (κ3) is 3.71. The molecular weight excluding hydrogens is 194 g/mol. The first-order chi connectivity index (χ1) is 7.13. The van der Waals surface area contributed by atoms with Gasteiger partial charge in [0, 0.05) is 12.6 Å². The van der Waals surface area contributed by atoms with E-state index in [1.54, 1.807) is 13.2 Å². The van der Waals surface area contributed by atoms with E-state index in [0.29, 0.717) is 18.2 Å². The molecule has 0 aliphatic heterocycles. The Kier molecular flexibility index (Phi) is 4.30. The molecule has 1 aromatic rings. The van der Waals surface area contributed by atoms with E-state index in [9.17, 15) is 5.11 Å². The van der Waals surface area contributed by atoms with Crippen LogP contribution in [0, 0.1) is 5.92 Å². The van der Waals surface area contributed by atoms with Gasteiger partial charge in [-0.25, -0.2) is 9.97 Å². The van der Waals surface area contributed by atoms with Crippen LogP contribution in [-0.4, -0.2) is 34.8 Å². The van der Waals surface area contributed by atoms with Crippen LogP contribution in [0.3, 0.4) is 0 Å². The Bertz CT molecular complexity index is 304. The van der Waals surface area contributed by atoms with E-state index < -0.39 is 0 Å². The van der Waals surface area contributed by atoms with Gasteiger partial charge in [0.25, 0.3) is 0 Å². The van der Waals surface area contributed by atoms with Gasteiger partial charge < -0.3 is 15.2 Å². The fourth-order valence-corrected chi connectivity index (χ4v) is 0.993. The van der Waals surface area contributed by atoms with Gasteiger partial charge in [0.15, 0.2) is 0 Å². The van der Waals surface area contributed by atoms with Crippen molar-refractivity contribution in [2.75, 3.05) is 19.0 Å². The van der Waals surface area contributed by atoms with Gasteiger partial charge in [0.2, 0.25) is 5.88 Å². The lowest BCUT2D eigenvalue weighted by atomic mass is 10.1. The first-order valence-corrected chi connectivity index (χ1v) is 4.91. The van der Waals surface area contributed by atoms with Crippen LogP contribution in [0.1, 0.15) is 13.8 Å². The molecule has 0 amide bonds.